The van der Waals surface area contributed by atoms with Crippen molar-refractivity contribution in [3.05, 3.63) is 12.7 Å². The van der Waals surface area contributed by atoms with E-state index in [1.807, 2.05) is 6.08 Å². The average Bonchev–Trinajstić information content (AvgIpc) is 2.10. The van der Waals surface area contributed by atoms with Crippen LogP contribution in [0.3, 0.4) is 0 Å². The van der Waals surface area contributed by atoms with Crippen LogP contribution in [0.15, 0.2) is 12.7 Å². The number of aliphatic hydroxyl groups excluding tert-OH is 1. The SMILES string of the molecule is C=CCN1CCC(C)(CO)CC1. The molecule has 2 nitrogen and oxygen atoms in total. The van der Waals surface area contributed by atoms with Gasteiger partial charge in [-0.15, -0.1) is 6.58 Å². The molecule has 1 rings (SSSR count). The van der Waals surface area contributed by atoms with Gasteiger partial charge in [0, 0.05) is 13.2 Å². The molecular weight excluding hydrogens is 150 g/mol. The van der Waals surface area contributed by atoms with Gasteiger partial charge in [-0.1, -0.05) is 13.0 Å². The summed E-state index contributed by atoms with van der Waals surface area (Å²) in [5.41, 5.74) is 0.178. The minimum absolute atomic E-state index is 0.178. The fourth-order valence-corrected chi connectivity index (χ4v) is 1.62. The van der Waals surface area contributed by atoms with Gasteiger partial charge >= 0.3 is 0 Å². The van der Waals surface area contributed by atoms with Crippen molar-refractivity contribution in [3.8, 4) is 0 Å². The van der Waals surface area contributed by atoms with E-state index in [1.165, 1.54) is 0 Å². The Labute approximate surface area is 74.9 Å². The van der Waals surface area contributed by atoms with Crippen molar-refractivity contribution in [1.82, 2.24) is 4.90 Å². The second kappa shape index (κ2) is 4.06. The molecule has 0 aromatic rings. The van der Waals surface area contributed by atoms with Crippen molar-refractivity contribution in [1.29, 1.82) is 0 Å². The van der Waals surface area contributed by atoms with E-state index in [9.17, 15) is 0 Å². The molecule has 2 heteroatoms. The van der Waals surface area contributed by atoms with Crippen LogP contribution in [0.5, 0.6) is 0 Å². The van der Waals surface area contributed by atoms with Crippen LogP contribution < -0.4 is 0 Å². The zero-order valence-electron chi connectivity index (χ0n) is 7.92. The average molecular weight is 169 g/mol. The normalized spacial score (nSPS) is 23.8. The maximum Gasteiger partial charge on any atom is 0.0485 e. The molecule has 12 heavy (non-hydrogen) atoms. The fourth-order valence-electron chi connectivity index (χ4n) is 1.62. The van der Waals surface area contributed by atoms with Crippen LogP contribution in [-0.4, -0.2) is 36.2 Å². The lowest BCUT2D eigenvalue weighted by atomic mass is 9.81. The van der Waals surface area contributed by atoms with Gasteiger partial charge in [0.15, 0.2) is 0 Å². The second-order valence-corrected chi connectivity index (χ2v) is 4.06. The van der Waals surface area contributed by atoms with Gasteiger partial charge in [-0.25, -0.2) is 0 Å². The standard InChI is InChI=1S/C10H19NO/c1-3-6-11-7-4-10(2,9-12)5-8-11/h3,12H,1,4-9H2,2H3. The van der Waals surface area contributed by atoms with Crippen LogP contribution >= 0.6 is 0 Å². The molecule has 70 valence electrons. The molecule has 1 fully saturated rings. The number of piperidine rings is 1. The number of hydrogen-bond donors (Lipinski definition) is 1. The summed E-state index contributed by atoms with van der Waals surface area (Å²) in [6.45, 7) is 9.40. The molecular formula is C10H19NO. The van der Waals surface area contributed by atoms with Gasteiger partial charge in [0.25, 0.3) is 0 Å². The topological polar surface area (TPSA) is 23.5 Å². The van der Waals surface area contributed by atoms with Gasteiger partial charge < -0.3 is 5.11 Å². The predicted octanol–water partition coefficient (Wildman–Crippen LogP) is 1.27. The van der Waals surface area contributed by atoms with Crippen LogP contribution in [0.2, 0.25) is 0 Å². The smallest absolute Gasteiger partial charge is 0.0485 e. The third kappa shape index (κ3) is 2.32. The Balaban J connectivity index is 2.33. The van der Waals surface area contributed by atoms with Gasteiger partial charge in [-0.2, -0.15) is 0 Å². The largest absolute Gasteiger partial charge is 0.396 e. The van der Waals surface area contributed by atoms with E-state index in [-0.39, 0.29) is 5.41 Å². The summed E-state index contributed by atoms with van der Waals surface area (Å²) in [5, 5.41) is 9.13. The molecule has 0 aromatic heterocycles. The molecule has 0 amide bonds. The number of nitrogens with zero attached hydrogens (tertiary/aromatic N) is 1. The number of rotatable bonds is 3. The molecule has 0 spiro atoms. The van der Waals surface area contributed by atoms with Gasteiger partial charge in [0.1, 0.15) is 0 Å². The van der Waals surface area contributed by atoms with E-state index in [4.69, 9.17) is 5.11 Å². The van der Waals surface area contributed by atoms with E-state index in [0.717, 1.165) is 32.5 Å². The maximum absolute atomic E-state index is 9.13. The lowest BCUT2D eigenvalue weighted by Gasteiger charge is -2.37. The first-order valence-electron chi connectivity index (χ1n) is 4.64. The molecule has 1 aliphatic rings. The highest BCUT2D eigenvalue weighted by Crippen LogP contribution is 2.29. The lowest BCUT2D eigenvalue weighted by molar-refractivity contribution is 0.0634. The Kier molecular flexibility index (Phi) is 3.29. The first kappa shape index (κ1) is 9.75. The zero-order chi connectivity index (χ0) is 9.03. The molecule has 1 heterocycles. The Hall–Kier alpha value is -0.340. The maximum atomic E-state index is 9.13. The third-order valence-electron chi connectivity index (χ3n) is 2.83. The van der Waals surface area contributed by atoms with E-state index >= 15 is 0 Å². The van der Waals surface area contributed by atoms with Crippen molar-refractivity contribution in [2.45, 2.75) is 19.8 Å². The van der Waals surface area contributed by atoms with Crippen molar-refractivity contribution in [2.75, 3.05) is 26.2 Å². The van der Waals surface area contributed by atoms with E-state index in [1.54, 1.807) is 0 Å². The van der Waals surface area contributed by atoms with E-state index < -0.39 is 0 Å². The van der Waals surface area contributed by atoms with Gasteiger partial charge in [-0.05, 0) is 31.3 Å². The van der Waals surface area contributed by atoms with Crippen LogP contribution in [0.1, 0.15) is 19.8 Å². The van der Waals surface area contributed by atoms with Crippen molar-refractivity contribution < 1.29 is 5.11 Å². The minimum Gasteiger partial charge on any atom is -0.396 e. The molecule has 0 bridgehead atoms. The predicted molar refractivity (Wildman–Crippen MR) is 51.1 cm³/mol. The van der Waals surface area contributed by atoms with Crippen molar-refractivity contribution in [2.24, 2.45) is 5.41 Å². The van der Waals surface area contributed by atoms with Gasteiger partial charge in [0.2, 0.25) is 0 Å². The fraction of sp³-hybridized carbons (Fsp3) is 0.800. The molecule has 0 aliphatic carbocycles. The molecule has 0 radical (unpaired) electrons. The summed E-state index contributed by atoms with van der Waals surface area (Å²) < 4.78 is 0. The van der Waals surface area contributed by atoms with Crippen LogP contribution in [0, 0.1) is 5.41 Å². The molecule has 0 saturated carbocycles. The third-order valence-corrected chi connectivity index (χ3v) is 2.83. The highest BCUT2D eigenvalue weighted by molar-refractivity contribution is 4.84. The molecule has 1 N–H and O–H groups in total. The number of aliphatic hydroxyl groups is 1. The first-order chi connectivity index (χ1) is 5.70. The summed E-state index contributed by atoms with van der Waals surface area (Å²) in [5.74, 6) is 0. The van der Waals surface area contributed by atoms with E-state index in [2.05, 4.69) is 18.4 Å². The van der Waals surface area contributed by atoms with Gasteiger partial charge in [-0.3, -0.25) is 4.90 Å². The molecule has 0 unspecified atom stereocenters. The zero-order valence-corrected chi connectivity index (χ0v) is 7.92. The molecule has 0 aromatic carbocycles. The highest BCUT2D eigenvalue weighted by atomic mass is 16.3. The Morgan fingerprint density at radius 3 is 2.50 bits per heavy atom. The Morgan fingerprint density at radius 2 is 2.08 bits per heavy atom. The molecule has 1 saturated heterocycles. The highest BCUT2D eigenvalue weighted by Gasteiger charge is 2.28. The monoisotopic (exact) mass is 169 g/mol. The summed E-state index contributed by atoms with van der Waals surface area (Å²) in [4.78, 5) is 2.38. The first-order valence-corrected chi connectivity index (χ1v) is 4.64. The Bertz CT molecular complexity index is 148. The molecule has 0 atom stereocenters. The lowest BCUT2D eigenvalue weighted by Crippen LogP contribution is -2.40. The van der Waals surface area contributed by atoms with Crippen molar-refractivity contribution in [3.63, 3.8) is 0 Å². The van der Waals surface area contributed by atoms with Gasteiger partial charge in [0.05, 0.1) is 0 Å². The number of hydrogen-bond acceptors (Lipinski definition) is 2. The quantitative estimate of drug-likeness (QED) is 0.643. The summed E-state index contributed by atoms with van der Waals surface area (Å²) in [6, 6.07) is 0. The van der Waals surface area contributed by atoms with Crippen LogP contribution in [0.25, 0.3) is 0 Å². The summed E-state index contributed by atoms with van der Waals surface area (Å²) in [6.07, 6.45) is 4.16. The summed E-state index contributed by atoms with van der Waals surface area (Å²) in [7, 11) is 0. The second-order valence-electron chi connectivity index (χ2n) is 4.06. The number of likely N-dealkylation sites (tertiary alicyclic amines) is 1. The van der Waals surface area contributed by atoms with Crippen molar-refractivity contribution >= 4 is 0 Å². The van der Waals surface area contributed by atoms with Crippen LogP contribution in [-0.2, 0) is 0 Å². The van der Waals surface area contributed by atoms with E-state index in [0.29, 0.717) is 6.61 Å². The Morgan fingerprint density at radius 1 is 1.50 bits per heavy atom. The minimum atomic E-state index is 0.178. The van der Waals surface area contributed by atoms with Crippen LogP contribution in [0.4, 0.5) is 0 Å². The molecule has 1 aliphatic heterocycles. The summed E-state index contributed by atoms with van der Waals surface area (Å²) >= 11 is 0.